The molecule has 2 unspecified atom stereocenters. The normalized spacial score (nSPS) is 24.9. The number of methoxy groups -OCH3 is 1. The molecule has 1 aliphatic carbocycles. The maximum absolute atomic E-state index is 13.1. The Hall–Kier alpha value is -2.09. The number of aryl methyl sites for hydroxylation is 1. The monoisotopic (exact) mass is 336 g/mol. The zero-order valence-electron chi connectivity index (χ0n) is 14.3. The van der Waals surface area contributed by atoms with Gasteiger partial charge in [-0.05, 0) is 25.7 Å². The van der Waals surface area contributed by atoms with Crippen LogP contribution in [0.1, 0.15) is 25.7 Å². The average molecular weight is 336 g/mol. The van der Waals surface area contributed by atoms with E-state index >= 15 is 0 Å². The number of likely N-dealkylation sites (N-methyl/N-ethyl adjacent to an activating group) is 1. The van der Waals surface area contributed by atoms with Crippen LogP contribution in [-0.4, -0.2) is 70.1 Å². The van der Waals surface area contributed by atoms with Gasteiger partial charge in [0, 0.05) is 27.4 Å². The summed E-state index contributed by atoms with van der Waals surface area (Å²) in [5, 5.41) is 13.7. The lowest BCUT2D eigenvalue weighted by molar-refractivity contribution is -0.138. The molecule has 1 aromatic rings. The molecule has 24 heavy (non-hydrogen) atoms. The fourth-order valence-electron chi connectivity index (χ4n) is 3.64. The van der Waals surface area contributed by atoms with Gasteiger partial charge in [-0.15, -0.1) is 0 Å². The summed E-state index contributed by atoms with van der Waals surface area (Å²) < 4.78 is 6.88. The number of nitrogens with zero attached hydrogens (tertiary/aromatic N) is 4. The number of aromatic nitrogens is 2. The maximum atomic E-state index is 13.1. The highest BCUT2D eigenvalue weighted by Crippen LogP contribution is 2.42. The van der Waals surface area contributed by atoms with Crippen molar-refractivity contribution < 1.29 is 19.4 Å². The first-order chi connectivity index (χ1) is 11.4. The van der Waals surface area contributed by atoms with Crippen LogP contribution in [-0.2, 0) is 21.4 Å². The van der Waals surface area contributed by atoms with Crippen molar-refractivity contribution in [1.82, 2.24) is 14.7 Å². The second kappa shape index (κ2) is 6.08. The van der Waals surface area contributed by atoms with Crippen LogP contribution in [0.3, 0.4) is 0 Å². The molecule has 1 amide bonds. The Bertz CT molecular complexity index is 640. The Labute approximate surface area is 141 Å². The van der Waals surface area contributed by atoms with Gasteiger partial charge in [0.2, 0.25) is 5.91 Å². The van der Waals surface area contributed by atoms with Crippen LogP contribution in [0.15, 0.2) is 12.4 Å². The minimum atomic E-state index is -0.908. The summed E-state index contributed by atoms with van der Waals surface area (Å²) >= 11 is 0. The molecule has 1 saturated carbocycles. The quantitative estimate of drug-likeness (QED) is 0.813. The van der Waals surface area contributed by atoms with Crippen LogP contribution in [0.25, 0.3) is 0 Å². The Morgan fingerprint density at radius 3 is 2.58 bits per heavy atom. The van der Waals surface area contributed by atoms with E-state index in [1.807, 2.05) is 0 Å². The van der Waals surface area contributed by atoms with Gasteiger partial charge in [-0.3, -0.25) is 9.48 Å². The molecule has 2 atom stereocenters. The topological polar surface area (TPSA) is 87.9 Å². The molecule has 2 fully saturated rings. The van der Waals surface area contributed by atoms with E-state index in [-0.39, 0.29) is 11.4 Å². The summed E-state index contributed by atoms with van der Waals surface area (Å²) in [6.45, 7) is 0.511. The first kappa shape index (κ1) is 16.8. The van der Waals surface area contributed by atoms with Gasteiger partial charge in [0.05, 0.1) is 24.0 Å². The SMILES string of the molecule is COCC1(N(C)C(=O)C2CCC(C(=O)O)N2c2cnn(C)c2)CC1. The molecule has 132 valence electrons. The molecule has 8 nitrogen and oxygen atoms in total. The summed E-state index contributed by atoms with van der Waals surface area (Å²) in [6.07, 6.45) is 6.19. The van der Waals surface area contributed by atoms with E-state index in [0.29, 0.717) is 25.1 Å². The lowest BCUT2D eigenvalue weighted by atomic mass is 10.1. The Balaban J connectivity index is 1.85. The predicted octanol–water partition coefficient (Wildman–Crippen LogP) is 0.480. The number of carbonyl (C=O) groups is 2. The lowest BCUT2D eigenvalue weighted by Crippen LogP contribution is -2.53. The van der Waals surface area contributed by atoms with Gasteiger partial charge >= 0.3 is 5.97 Å². The third kappa shape index (κ3) is 2.75. The zero-order chi connectivity index (χ0) is 17.5. The van der Waals surface area contributed by atoms with Crippen molar-refractivity contribution in [2.24, 2.45) is 7.05 Å². The number of ether oxygens (including phenoxy) is 1. The van der Waals surface area contributed by atoms with Crippen molar-refractivity contribution >= 4 is 17.6 Å². The van der Waals surface area contributed by atoms with Gasteiger partial charge in [0.15, 0.2) is 0 Å². The molecule has 1 saturated heterocycles. The van der Waals surface area contributed by atoms with Gasteiger partial charge in [0.25, 0.3) is 0 Å². The highest BCUT2D eigenvalue weighted by molar-refractivity contribution is 5.90. The minimum absolute atomic E-state index is 0.0443. The lowest BCUT2D eigenvalue weighted by Gasteiger charge is -2.34. The molecule has 0 spiro atoms. The van der Waals surface area contributed by atoms with E-state index in [0.717, 1.165) is 12.8 Å². The van der Waals surface area contributed by atoms with Crippen molar-refractivity contribution in [2.45, 2.75) is 43.3 Å². The average Bonchev–Trinajstić information content (AvgIpc) is 2.99. The highest BCUT2D eigenvalue weighted by atomic mass is 16.5. The van der Waals surface area contributed by atoms with Gasteiger partial charge in [-0.1, -0.05) is 0 Å². The fraction of sp³-hybridized carbons (Fsp3) is 0.688. The minimum Gasteiger partial charge on any atom is -0.480 e. The summed E-state index contributed by atoms with van der Waals surface area (Å²) in [5.41, 5.74) is 0.444. The van der Waals surface area contributed by atoms with Gasteiger partial charge < -0.3 is 19.6 Å². The number of rotatable bonds is 6. The third-order valence-electron chi connectivity index (χ3n) is 5.23. The summed E-state index contributed by atoms with van der Waals surface area (Å²) in [5.74, 6) is -0.952. The van der Waals surface area contributed by atoms with E-state index in [1.165, 1.54) is 0 Å². The molecule has 0 bridgehead atoms. The molecular weight excluding hydrogens is 312 g/mol. The Morgan fingerprint density at radius 2 is 2.08 bits per heavy atom. The van der Waals surface area contributed by atoms with E-state index in [1.54, 1.807) is 48.1 Å². The van der Waals surface area contributed by atoms with E-state index < -0.39 is 18.1 Å². The second-order valence-electron chi connectivity index (χ2n) is 6.78. The van der Waals surface area contributed by atoms with Crippen LogP contribution in [0.5, 0.6) is 0 Å². The van der Waals surface area contributed by atoms with Crippen LogP contribution in [0, 0.1) is 0 Å². The Morgan fingerprint density at radius 1 is 1.42 bits per heavy atom. The molecule has 0 radical (unpaired) electrons. The largest absolute Gasteiger partial charge is 0.480 e. The zero-order valence-corrected chi connectivity index (χ0v) is 14.3. The smallest absolute Gasteiger partial charge is 0.326 e. The van der Waals surface area contributed by atoms with Crippen molar-refractivity contribution in [2.75, 3.05) is 25.7 Å². The second-order valence-corrected chi connectivity index (χ2v) is 6.78. The van der Waals surface area contributed by atoms with Crippen LogP contribution in [0.2, 0.25) is 0 Å². The molecule has 1 aliphatic heterocycles. The number of amides is 1. The Kier molecular flexibility index (Phi) is 4.25. The number of anilines is 1. The first-order valence-electron chi connectivity index (χ1n) is 8.16. The predicted molar refractivity (Wildman–Crippen MR) is 86.7 cm³/mol. The van der Waals surface area contributed by atoms with E-state index in [9.17, 15) is 14.7 Å². The first-order valence-corrected chi connectivity index (χ1v) is 8.16. The van der Waals surface area contributed by atoms with Crippen LogP contribution in [0.4, 0.5) is 5.69 Å². The molecule has 2 heterocycles. The standard InChI is InChI=1S/C16H24N4O4/c1-18-9-11(8-17-18)20-12(4-5-13(20)15(22)23)14(21)19(2)16(6-7-16)10-24-3/h8-9,12-13H,4-7,10H2,1-3H3,(H,22,23). The number of aliphatic carboxylic acids is 1. The summed E-state index contributed by atoms with van der Waals surface area (Å²) in [6, 6.07) is -1.18. The van der Waals surface area contributed by atoms with Crippen LogP contribution < -0.4 is 4.90 Å². The van der Waals surface area contributed by atoms with Crippen molar-refractivity contribution in [3.8, 4) is 0 Å². The van der Waals surface area contributed by atoms with Crippen molar-refractivity contribution in [3.05, 3.63) is 12.4 Å². The van der Waals surface area contributed by atoms with Crippen LogP contribution >= 0.6 is 0 Å². The molecular formula is C16H24N4O4. The molecule has 8 heteroatoms. The van der Waals surface area contributed by atoms with Crippen molar-refractivity contribution in [3.63, 3.8) is 0 Å². The van der Waals surface area contributed by atoms with Gasteiger partial charge in [0.1, 0.15) is 12.1 Å². The van der Waals surface area contributed by atoms with E-state index in [4.69, 9.17) is 4.74 Å². The number of hydrogen-bond acceptors (Lipinski definition) is 5. The number of carboxylic acids is 1. The van der Waals surface area contributed by atoms with Gasteiger partial charge in [-0.25, -0.2) is 4.79 Å². The molecule has 0 aromatic carbocycles. The number of carbonyl (C=O) groups excluding carboxylic acids is 1. The third-order valence-corrected chi connectivity index (χ3v) is 5.23. The highest BCUT2D eigenvalue weighted by Gasteiger charge is 2.52. The van der Waals surface area contributed by atoms with E-state index in [2.05, 4.69) is 5.10 Å². The molecule has 2 aliphatic rings. The number of carboxylic acid groups (broad SMARTS) is 1. The fourth-order valence-corrected chi connectivity index (χ4v) is 3.64. The van der Waals surface area contributed by atoms with Gasteiger partial charge in [-0.2, -0.15) is 5.10 Å². The summed E-state index contributed by atoms with van der Waals surface area (Å²) in [4.78, 5) is 28.2. The summed E-state index contributed by atoms with van der Waals surface area (Å²) in [7, 11) is 5.20. The molecule has 1 aromatic heterocycles. The molecule has 1 N–H and O–H groups in total. The number of hydrogen-bond donors (Lipinski definition) is 1. The molecule has 3 rings (SSSR count). The maximum Gasteiger partial charge on any atom is 0.326 e. The van der Waals surface area contributed by atoms with Crippen molar-refractivity contribution in [1.29, 1.82) is 0 Å².